The molecule has 2 aliphatic rings. The highest BCUT2D eigenvalue weighted by Gasteiger charge is 2.40. The summed E-state index contributed by atoms with van der Waals surface area (Å²) in [5.74, 6) is -0.689. The number of nitrogens with zero attached hydrogens (tertiary/aromatic N) is 3. The van der Waals surface area contributed by atoms with Crippen LogP contribution in [0.25, 0.3) is 5.69 Å². The van der Waals surface area contributed by atoms with Crippen molar-refractivity contribution in [2.24, 2.45) is 0 Å². The molecule has 1 aromatic heterocycles. The summed E-state index contributed by atoms with van der Waals surface area (Å²) in [7, 11) is 1.46. The zero-order chi connectivity index (χ0) is 17.8. The Labute approximate surface area is 140 Å². The molecule has 0 spiro atoms. The molecule has 132 valence electrons. The zero-order valence-corrected chi connectivity index (χ0v) is 13.2. The SMILES string of the molecule is CN1Cc2c(C3OCCO3)ncn2-c2cccc(C(F)(F)F)c2C1=O. The van der Waals surface area contributed by atoms with E-state index in [-0.39, 0.29) is 17.8 Å². The molecular formula is C16H14F3N3O3. The minimum absolute atomic E-state index is 0.101. The van der Waals surface area contributed by atoms with Gasteiger partial charge in [-0.2, -0.15) is 13.2 Å². The molecule has 0 N–H and O–H groups in total. The van der Waals surface area contributed by atoms with E-state index in [0.29, 0.717) is 24.6 Å². The van der Waals surface area contributed by atoms with Gasteiger partial charge in [0.1, 0.15) is 12.0 Å². The van der Waals surface area contributed by atoms with Crippen LogP contribution in [0.3, 0.4) is 0 Å². The van der Waals surface area contributed by atoms with E-state index in [9.17, 15) is 18.0 Å². The highest BCUT2D eigenvalue weighted by Crippen LogP contribution is 2.38. The minimum atomic E-state index is -4.63. The van der Waals surface area contributed by atoms with Gasteiger partial charge in [0.2, 0.25) is 6.29 Å². The molecule has 9 heteroatoms. The van der Waals surface area contributed by atoms with Crippen molar-refractivity contribution in [1.82, 2.24) is 14.5 Å². The zero-order valence-electron chi connectivity index (χ0n) is 13.2. The van der Waals surface area contributed by atoms with Gasteiger partial charge in [0.05, 0.1) is 42.3 Å². The Bertz CT molecular complexity index is 841. The Morgan fingerprint density at radius 3 is 2.64 bits per heavy atom. The third-order valence-electron chi connectivity index (χ3n) is 4.30. The second-order valence-electron chi connectivity index (χ2n) is 5.88. The van der Waals surface area contributed by atoms with Gasteiger partial charge in [0.25, 0.3) is 5.91 Å². The van der Waals surface area contributed by atoms with Crippen molar-refractivity contribution < 1.29 is 27.4 Å². The van der Waals surface area contributed by atoms with Crippen molar-refractivity contribution in [1.29, 1.82) is 0 Å². The third kappa shape index (κ3) is 2.50. The molecule has 2 aromatic rings. The lowest BCUT2D eigenvalue weighted by atomic mass is 10.0. The summed E-state index contributed by atoms with van der Waals surface area (Å²) in [6.45, 7) is 0.935. The molecule has 25 heavy (non-hydrogen) atoms. The Balaban J connectivity index is 1.94. The summed E-state index contributed by atoms with van der Waals surface area (Å²) in [6, 6.07) is 3.68. The first-order valence-corrected chi connectivity index (χ1v) is 7.63. The van der Waals surface area contributed by atoms with Crippen LogP contribution >= 0.6 is 0 Å². The number of hydrogen-bond acceptors (Lipinski definition) is 4. The van der Waals surface area contributed by atoms with Gasteiger partial charge in [-0.3, -0.25) is 4.79 Å². The molecular weight excluding hydrogens is 339 g/mol. The van der Waals surface area contributed by atoms with Crippen LogP contribution in [0.15, 0.2) is 24.5 Å². The van der Waals surface area contributed by atoms with Crippen molar-refractivity contribution in [3.05, 3.63) is 47.0 Å². The molecule has 1 amide bonds. The maximum atomic E-state index is 13.4. The smallest absolute Gasteiger partial charge is 0.345 e. The summed E-state index contributed by atoms with van der Waals surface area (Å²) in [5.41, 5.74) is -0.147. The second-order valence-corrected chi connectivity index (χ2v) is 5.88. The number of aromatic nitrogens is 2. The quantitative estimate of drug-likeness (QED) is 0.791. The summed E-state index contributed by atoms with van der Waals surface area (Å²) >= 11 is 0. The average Bonchev–Trinajstić information content (AvgIpc) is 3.19. The van der Waals surface area contributed by atoms with Gasteiger partial charge in [-0.15, -0.1) is 0 Å². The van der Waals surface area contributed by atoms with Crippen LogP contribution in [-0.4, -0.2) is 40.6 Å². The van der Waals surface area contributed by atoms with Crippen molar-refractivity contribution in [3.8, 4) is 5.69 Å². The molecule has 2 aliphatic heterocycles. The van der Waals surface area contributed by atoms with Crippen molar-refractivity contribution >= 4 is 5.91 Å². The number of fused-ring (bicyclic) bond motifs is 3. The largest absolute Gasteiger partial charge is 0.417 e. The van der Waals surface area contributed by atoms with Gasteiger partial charge in [-0.25, -0.2) is 4.98 Å². The lowest BCUT2D eigenvalue weighted by molar-refractivity contribution is -0.138. The van der Waals surface area contributed by atoms with E-state index in [4.69, 9.17) is 9.47 Å². The Hall–Kier alpha value is -2.39. The molecule has 1 fully saturated rings. The van der Waals surface area contributed by atoms with Crippen LogP contribution in [0.5, 0.6) is 0 Å². The molecule has 0 unspecified atom stereocenters. The molecule has 0 aliphatic carbocycles. The topological polar surface area (TPSA) is 56.6 Å². The monoisotopic (exact) mass is 353 g/mol. The summed E-state index contributed by atoms with van der Waals surface area (Å²) in [4.78, 5) is 18.1. The van der Waals surface area contributed by atoms with Crippen LogP contribution in [-0.2, 0) is 22.2 Å². The predicted molar refractivity (Wildman–Crippen MR) is 79.0 cm³/mol. The highest BCUT2D eigenvalue weighted by atomic mass is 19.4. The molecule has 0 radical (unpaired) electrons. The molecule has 0 atom stereocenters. The number of carbonyl (C=O) groups is 1. The molecule has 6 nitrogen and oxygen atoms in total. The van der Waals surface area contributed by atoms with Crippen molar-refractivity contribution in [2.75, 3.05) is 20.3 Å². The minimum Gasteiger partial charge on any atom is -0.345 e. The lowest BCUT2D eigenvalue weighted by Crippen LogP contribution is -2.27. The maximum absolute atomic E-state index is 13.4. The average molecular weight is 353 g/mol. The van der Waals surface area contributed by atoms with Crippen LogP contribution < -0.4 is 0 Å². The standard InChI is InChI=1S/C16H14F3N3O3/c1-21-7-11-13(15-24-5-6-25-15)20-8-22(11)10-4-2-3-9(16(17,18)19)12(10)14(21)23/h2-4,8,15H,5-7H2,1H3. The fraction of sp³-hybridized carbons (Fsp3) is 0.375. The van der Waals surface area contributed by atoms with Gasteiger partial charge in [-0.1, -0.05) is 6.07 Å². The van der Waals surface area contributed by atoms with E-state index in [2.05, 4.69) is 4.98 Å². The summed E-state index contributed by atoms with van der Waals surface area (Å²) in [6.07, 6.45) is -3.90. The molecule has 4 rings (SSSR count). The predicted octanol–water partition coefficient (Wildman–Crippen LogP) is 2.52. The van der Waals surface area contributed by atoms with Crippen molar-refractivity contribution in [3.63, 3.8) is 0 Å². The van der Waals surface area contributed by atoms with E-state index in [0.717, 1.165) is 6.07 Å². The number of halogens is 3. The first-order chi connectivity index (χ1) is 11.9. The van der Waals surface area contributed by atoms with Crippen LogP contribution in [0, 0.1) is 0 Å². The third-order valence-corrected chi connectivity index (χ3v) is 4.30. The van der Waals surface area contributed by atoms with Crippen LogP contribution in [0.4, 0.5) is 13.2 Å². The number of hydrogen-bond donors (Lipinski definition) is 0. The molecule has 3 heterocycles. The highest BCUT2D eigenvalue weighted by molar-refractivity contribution is 6.00. The number of rotatable bonds is 1. The number of benzene rings is 1. The Morgan fingerprint density at radius 2 is 1.96 bits per heavy atom. The number of ether oxygens (including phenoxy) is 2. The fourth-order valence-corrected chi connectivity index (χ4v) is 3.15. The Morgan fingerprint density at radius 1 is 1.24 bits per heavy atom. The molecule has 0 saturated carbocycles. The first-order valence-electron chi connectivity index (χ1n) is 7.63. The van der Waals surface area contributed by atoms with Gasteiger partial charge in [0.15, 0.2) is 0 Å². The number of carbonyl (C=O) groups excluding carboxylic acids is 1. The van der Waals surface area contributed by atoms with Crippen LogP contribution in [0.1, 0.15) is 33.6 Å². The molecule has 0 bridgehead atoms. The number of alkyl halides is 3. The molecule has 1 saturated heterocycles. The normalized spacial score (nSPS) is 18.2. The van der Waals surface area contributed by atoms with E-state index >= 15 is 0 Å². The lowest BCUT2D eigenvalue weighted by Gasteiger charge is -2.18. The van der Waals surface area contributed by atoms with E-state index in [1.165, 1.54) is 35.0 Å². The summed E-state index contributed by atoms with van der Waals surface area (Å²) in [5, 5.41) is 0. The van der Waals surface area contributed by atoms with Gasteiger partial charge in [-0.05, 0) is 12.1 Å². The van der Waals surface area contributed by atoms with Crippen molar-refractivity contribution in [2.45, 2.75) is 19.0 Å². The van der Waals surface area contributed by atoms with E-state index in [1.807, 2.05) is 0 Å². The Kier molecular flexibility index (Phi) is 3.58. The maximum Gasteiger partial charge on any atom is 0.417 e. The second kappa shape index (κ2) is 5.57. The number of amides is 1. The van der Waals surface area contributed by atoms with Gasteiger partial charge in [0, 0.05) is 7.05 Å². The molecule has 1 aromatic carbocycles. The van der Waals surface area contributed by atoms with Gasteiger partial charge < -0.3 is 18.9 Å². The van der Waals surface area contributed by atoms with Gasteiger partial charge >= 0.3 is 6.18 Å². The van der Waals surface area contributed by atoms with E-state index < -0.39 is 23.9 Å². The first kappa shape index (κ1) is 16.1. The fourth-order valence-electron chi connectivity index (χ4n) is 3.15. The number of imidazole rings is 1. The van der Waals surface area contributed by atoms with E-state index in [1.54, 1.807) is 0 Å². The summed E-state index contributed by atoms with van der Waals surface area (Å²) < 4.78 is 52.6. The van der Waals surface area contributed by atoms with Crippen LogP contribution in [0.2, 0.25) is 0 Å².